The molecule has 0 saturated carbocycles. The quantitative estimate of drug-likeness (QED) is 0.314. The fraction of sp³-hybridized carbons (Fsp3) is 0.389. The Kier molecular flexibility index (Phi) is 10.4. The molecule has 2 N–H and O–H groups in total. The summed E-state index contributed by atoms with van der Waals surface area (Å²) in [7, 11) is 3.09. The lowest BCUT2D eigenvalue weighted by molar-refractivity contribution is -0.0512. The van der Waals surface area contributed by atoms with E-state index in [2.05, 4.69) is 39.4 Å². The summed E-state index contributed by atoms with van der Waals surface area (Å²) in [6, 6.07) is 9.13. The van der Waals surface area contributed by atoms with Gasteiger partial charge in [-0.1, -0.05) is 13.0 Å². The van der Waals surface area contributed by atoms with Crippen LogP contribution in [0.2, 0.25) is 0 Å². The second-order valence-corrected chi connectivity index (χ2v) is 6.62. The third-order valence-electron chi connectivity index (χ3n) is 3.62. The van der Waals surface area contributed by atoms with E-state index >= 15 is 0 Å². The number of hydrogen-bond donors (Lipinski definition) is 2. The van der Waals surface area contributed by atoms with E-state index < -0.39 is 6.61 Å². The molecular formula is C18H24F2IN3O2S. The van der Waals surface area contributed by atoms with Gasteiger partial charge in [-0.25, -0.2) is 0 Å². The highest BCUT2D eigenvalue weighted by molar-refractivity contribution is 14.0. The second-order valence-electron chi connectivity index (χ2n) is 5.36. The average molecular weight is 511 g/mol. The Morgan fingerprint density at radius 3 is 2.41 bits per heavy atom. The highest BCUT2D eigenvalue weighted by atomic mass is 127. The molecule has 1 heterocycles. The van der Waals surface area contributed by atoms with Crippen molar-refractivity contribution in [2.24, 2.45) is 4.99 Å². The molecule has 1 aromatic carbocycles. The predicted molar refractivity (Wildman–Crippen MR) is 116 cm³/mol. The standard InChI is InChI=1S/C18H23F2N3O2S.HI/c1-4-13-6-7-14(26-13)11-23-18(21-2)22-10-12-5-8-15(24-3)16(9-12)25-17(19)20;/h5-9,17H,4,10-11H2,1-3H3,(H2,21,22,23);1H. The zero-order valence-corrected chi connectivity index (χ0v) is 18.6. The Morgan fingerprint density at radius 2 is 1.81 bits per heavy atom. The number of ether oxygens (including phenoxy) is 2. The number of methoxy groups -OCH3 is 1. The third-order valence-corrected chi connectivity index (χ3v) is 4.85. The molecule has 9 heteroatoms. The Labute approximate surface area is 179 Å². The van der Waals surface area contributed by atoms with Crippen LogP contribution in [0.3, 0.4) is 0 Å². The SMILES string of the molecule is CCc1ccc(CNC(=NC)NCc2ccc(OC)c(OC(F)F)c2)s1.I. The van der Waals surface area contributed by atoms with E-state index in [-0.39, 0.29) is 35.5 Å². The molecule has 0 fully saturated rings. The van der Waals surface area contributed by atoms with Gasteiger partial charge >= 0.3 is 6.61 Å². The zero-order valence-electron chi connectivity index (χ0n) is 15.4. The molecule has 150 valence electrons. The van der Waals surface area contributed by atoms with Gasteiger partial charge in [0.2, 0.25) is 0 Å². The summed E-state index contributed by atoms with van der Waals surface area (Å²) in [5, 5.41) is 6.39. The van der Waals surface area contributed by atoms with Crippen LogP contribution >= 0.6 is 35.3 Å². The second kappa shape index (κ2) is 12.0. The monoisotopic (exact) mass is 511 g/mol. The molecular weight excluding hydrogens is 487 g/mol. The number of rotatable bonds is 8. The maximum absolute atomic E-state index is 12.5. The van der Waals surface area contributed by atoms with Gasteiger partial charge in [-0.2, -0.15) is 8.78 Å². The van der Waals surface area contributed by atoms with Crippen LogP contribution in [0.1, 0.15) is 22.2 Å². The minimum atomic E-state index is -2.90. The number of aliphatic imine (C=N–C) groups is 1. The molecule has 0 atom stereocenters. The third kappa shape index (κ3) is 7.49. The lowest BCUT2D eigenvalue weighted by atomic mass is 10.2. The molecule has 2 rings (SSSR count). The van der Waals surface area contributed by atoms with Crippen molar-refractivity contribution < 1.29 is 18.3 Å². The van der Waals surface area contributed by atoms with Crippen LogP contribution in [-0.2, 0) is 19.5 Å². The van der Waals surface area contributed by atoms with Crippen LogP contribution in [0.4, 0.5) is 8.78 Å². The van der Waals surface area contributed by atoms with E-state index in [1.807, 2.05) is 0 Å². The van der Waals surface area contributed by atoms with Gasteiger partial charge in [0.25, 0.3) is 0 Å². The number of guanidine groups is 1. The summed E-state index contributed by atoms with van der Waals surface area (Å²) < 4.78 is 34.5. The molecule has 1 aromatic heterocycles. The Hall–Kier alpha value is -1.62. The predicted octanol–water partition coefficient (Wildman–Crippen LogP) is 4.40. The molecule has 5 nitrogen and oxygen atoms in total. The van der Waals surface area contributed by atoms with Crippen LogP contribution < -0.4 is 20.1 Å². The average Bonchev–Trinajstić information content (AvgIpc) is 3.09. The number of thiophene rings is 1. The minimum absolute atomic E-state index is 0. The molecule has 0 unspecified atom stereocenters. The Balaban J connectivity index is 0.00000364. The van der Waals surface area contributed by atoms with Crippen molar-refractivity contribution in [3.8, 4) is 11.5 Å². The first-order valence-corrected chi connectivity index (χ1v) is 9.01. The van der Waals surface area contributed by atoms with Gasteiger partial charge in [0, 0.05) is 23.3 Å². The zero-order chi connectivity index (χ0) is 18.9. The van der Waals surface area contributed by atoms with E-state index in [1.165, 1.54) is 22.9 Å². The van der Waals surface area contributed by atoms with Crippen molar-refractivity contribution in [2.45, 2.75) is 33.0 Å². The van der Waals surface area contributed by atoms with E-state index in [9.17, 15) is 8.78 Å². The molecule has 0 radical (unpaired) electrons. The smallest absolute Gasteiger partial charge is 0.387 e. The highest BCUT2D eigenvalue weighted by Gasteiger charge is 2.11. The van der Waals surface area contributed by atoms with E-state index in [0.29, 0.717) is 19.0 Å². The summed E-state index contributed by atoms with van der Waals surface area (Å²) in [6.45, 7) is 0.311. The van der Waals surface area contributed by atoms with Crippen LogP contribution in [0, 0.1) is 0 Å². The molecule has 0 aliphatic carbocycles. The van der Waals surface area contributed by atoms with Gasteiger partial charge in [0.05, 0.1) is 13.7 Å². The van der Waals surface area contributed by atoms with E-state index in [0.717, 1.165) is 12.0 Å². The van der Waals surface area contributed by atoms with Crippen LogP contribution in [0.15, 0.2) is 35.3 Å². The first-order valence-electron chi connectivity index (χ1n) is 8.19. The number of nitrogens with zero attached hydrogens (tertiary/aromatic N) is 1. The molecule has 0 aliphatic heterocycles. The minimum Gasteiger partial charge on any atom is -0.493 e. The van der Waals surface area contributed by atoms with Gasteiger partial charge in [0.1, 0.15) is 0 Å². The summed E-state index contributed by atoms with van der Waals surface area (Å²) in [4.78, 5) is 6.74. The first-order chi connectivity index (χ1) is 12.5. The summed E-state index contributed by atoms with van der Waals surface area (Å²) in [5.41, 5.74) is 0.772. The maximum Gasteiger partial charge on any atom is 0.387 e. The highest BCUT2D eigenvalue weighted by Crippen LogP contribution is 2.29. The number of nitrogens with one attached hydrogen (secondary N) is 2. The van der Waals surface area contributed by atoms with Crippen molar-refractivity contribution in [3.63, 3.8) is 0 Å². The number of halogens is 3. The molecule has 0 saturated heterocycles. The lowest BCUT2D eigenvalue weighted by Crippen LogP contribution is -2.36. The van der Waals surface area contributed by atoms with Crippen LogP contribution in [-0.4, -0.2) is 26.7 Å². The fourth-order valence-electron chi connectivity index (χ4n) is 2.30. The van der Waals surface area contributed by atoms with Gasteiger partial charge in [0.15, 0.2) is 17.5 Å². The lowest BCUT2D eigenvalue weighted by Gasteiger charge is -2.14. The molecule has 0 spiro atoms. The molecule has 2 aromatic rings. The molecule has 0 aliphatic rings. The maximum atomic E-state index is 12.5. The number of aryl methyl sites for hydroxylation is 1. The fourth-order valence-corrected chi connectivity index (χ4v) is 3.20. The largest absolute Gasteiger partial charge is 0.493 e. The van der Waals surface area contributed by atoms with Gasteiger partial charge in [-0.3, -0.25) is 4.99 Å². The summed E-state index contributed by atoms with van der Waals surface area (Å²) in [6.07, 6.45) is 1.03. The van der Waals surface area contributed by atoms with Crippen molar-refractivity contribution in [1.29, 1.82) is 0 Å². The number of hydrogen-bond acceptors (Lipinski definition) is 4. The Bertz CT molecular complexity index is 741. The van der Waals surface area contributed by atoms with E-state index in [4.69, 9.17) is 4.74 Å². The normalized spacial score (nSPS) is 11.1. The summed E-state index contributed by atoms with van der Waals surface area (Å²) in [5.74, 6) is 0.903. The molecule has 0 amide bonds. The van der Waals surface area contributed by atoms with E-state index in [1.54, 1.807) is 30.5 Å². The Morgan fingerprint density at radius 1 is 1.11 bits per heavy atom. The number of benzene rings is 1. The van der Waals surface area contributed by atoms with Crippen LogP contribution in [0.5, 0.6) is 11.5 Å². The number of alkyl halides is 2. The first kappa shape index (κ1) is 23.4. The van der Waals surface area contributed by atoms with Crippen molar-refractivity contribution in [1.82, 2.24) is 10.6 Å². The van der Waals surface area contributed by atoms with Gasteiger partial charge in [-0.05, 0) is 36.2 Å². The van der Waals surface area contributed by atoms with Gasteiger partial charge < -0.3 is 20.1 Å². The van der Waals surface area contributed by atoms with Crippen molar-refractivity contribution in [2.75, 3.05) is 14.2 Å². The molecule has 0 bridgehead atoms. The molecule has 27 heavy (non-hydrogen) atoms. The van der Waals surface area contributed by atoms with Crippen LogP contribution in [0.25, 0.3) is 0 Å². The topological polar surface area (TPSA) is 54.9 Å². The summed E-state index contributed by atoms with van der Waals surface area (Å²) >= 11 is 1.76. The van der Waals surface area contributed by atoms with Crippen molar-refractivity contribution >= 4 is 41.3 Å². The van der Waals surface area contributed by atoms with Crippen molar-refractivity contribution in [3.05, 3.63) is 45.6 Å². The van der Waals surface area contributed by atoms with Gasteiger partial charge in [-0.15, -0.1) is 35.3 Å².